The first-order chi connectivity index (χ1) is 7.14. The summed E-state index contributed by atoms with van der Waals surface area (Å²) in [4.78, 5) is 15.3. The maximum atomic E-state index is 11.0. The average molecular weight is 200 g/mol. The molecule has 1 aliphatic rings. The van der Waals surface area contributed by atoms with E-state index in [-0.39, 0.29) is 0 Å². The van der Waals surface area contributed by atoms with Crippen LogP contribution in [-0.2, 0) is 4.79 Å². The van der Waals surface area contributed by atoms with Crippen LogP contribution in [0, 0.1) is 0 Å². The minimum atomic E-state index is -0.808. The molecular weight excluding hydrogens is 188 g/mol. The van der Waals surface area contributed by atoms with Crippen molar-refractivity contribution in [2.75, 3.05) is 0 Å². The van der Waals surface area contributed by atoms with E-state index < -0.39 is 5.54 Å². The van der Waals surface area contributed by atoms with Gasteiger partial charge < -0.3 is 10.5 Å². The summed E-state index contributed by atoms with van der Waals surface area (Å²) < 4.78 is 0. The van der Waals surface area contributed by atoms with Crippen LogP contribution in [0.4, 0.5) is 0 Å². The van der Waals surface area contributed by atoms with Crippen molar-refractivity contribution < 1.29 is 4.79 Å². The van der Waals surface area contributed by atoms with Crippen LogP contribution in [0.2, 0.25) is 0 Å². The van der Waals surface area contributed by atoms with Crippen LogP contribution >= 0.6 is 0 Å². The van der Waals surface area contributed by atoms with Gasteiger partial charge in [-0.2, -0.15) is 0 Å². The fourth-order valence-corrected chi connectivity index (χ4v) is 1.53. The van der Waals surface area contributed by atoms with Crippen molar-refractivity contribution in [2.45, 2.75) is 12.5 Å². The maximum Gasteiger partial charge on any atom is 0.151 e. The van der Waals surface area contributed by atoms with Gasteiger partial charge in [-0.25, -0.2) is 0 Å². The number of benzene rings is 1. The van der Waals surface area contributed by atoms with Crippen LogP contribution in [0.5, 0.6) is 0 Å². The van der Waals surface area contributed by atoms with E-state index in [4.69, 9.17) is 5.73 Å². The quantitative estimate of drug-likeness (QED) is 0.644. The van der Waals surface area contributed by atoms with Crippen molar-refractivity contribution in [2.24, 2.45) is 10.7 Å². The van der Waals surface area contributed by atoms with Crippen molar-refractivity contribution in [3.05, 3.63) is 47.0 Å². The summed E-state index contributed by atoms with van der Waals surface area (Å²) in [5.41, 5.74) is 5.71. The fraction of sp³-hybridized carbons (Fsp3) is 0.167. The lowest BCUT2D eigenvalue weighted by Crippen LogP contribution is -2.32. The minimum absolute atomic E-state index is 0.639. The number of aldehydes is 1. The molecule has 0 amide bonds. The standard InChI is InChI=1S/C12H12N2O/c1-12(8-15)7-6-10(13)9-4-2-3-5-11(9)14-12/h2-8H,13H2,1H3. The Morgan fingerprint density at radius 3 is 2.87 bits per heavy atom. The summed E-state index contributed by atoms with van der Waals surface area (Å²) >= 11 is 0. The van der Waals surface area contributed by atoms with Gasteiger partial charge in [-0.15, -0.1) is 0 Å². The highest BCUT2D eigenvalue weighted by atomic mass is 16.1. The van der Waals surface area contributed by atoms with Gasteiger partial charge in [-0.05, 0) is 25.1 Å². The zero-order chi connectivity index (χ0) is 10.9. The van der Waals surface area contributed by atoms with E-state index in [1.807, 2.05) is 24.3 Å². The van der Waals surface area contributed by atoms with E-state index in [0.717, 1.165) is 16.9 Å². The monoisotopic (exact) mass is 200 g/mol. The molecule has 0 spiro atoms. The summed E-state index contributed by atoms with van der Waals surface area (Å²) in [5.74, 6) is 0. The second-order valence-corrected chi connectivity index (χ2v) is 3.76. The highest BCUT2D eigenvalue weighted by Crippen LogP contribution is 2.09. The van der Waals surface area contributed by atoms with E-state index in [2.05, 4.69) is 4.99 Å². The van der Waals surface area contributed by atoms with E-state index in [9.17, 15) is 4.79 Å². The molecule has 1 unspecified atom stereocenters. The largest absolute Gasteiger partial charge is 0.398 e. The van der Waals surface area contributed by atoms with Crippen LogP contribution in [0.3, 0.4) is 0 Å². The highest BCUT2D eigenvalue weighted by Gasteiger charge is 2.19. The summed E-state index contributed by atoms with van der Waals surface area (Å²) in [6.07, 6.45) is 4.28. The summed E-state index contributed by atoms with van der Waals surface area (Å²) in [7, 11) is 0. The van der Waals surface area contributed by atoms with Crippen LogP contribution in [-0.4, -0.2) is 11.8 Å². The number of rotatable bonds is 1. The normalized spacial score (nSPS) is 23.9. The van der Waals surface area contributed by atoms with Gasteiger partial charge in [0.1, 0.15) is 5.54 Å². The molecule has 2 rings (SSSR count). The Hall–Kier alpha value is -1.90. The van der Waals surface area contributed by atoms with Gasteiger partial charge in [0.05, 0.1) is 5.36 Å². The lowest BCUT2D eigenvalue weighted by molar-refractivity contribution is -0.110. The van der Waals surface area contributed by atoms with Crippen molar-refractivity contribution >= 4 is 12.0 Å². The molecule has 1 aliphatic heterocycles. The number of carbonyl (C=O) groups is 1. The number of hydrogen-bond donors (Lipinski definition) is 1. The molecule has 0 aromatic heterocycles. The first kappa shape index (κ1) is 9.65. The Labute approximate surface area is 87.6 Å². The van der Waals surface area contributed by atoms with Crippen LogP contribution in [0.25, 0.3) is 5.70 Å². The predicted octanol–water partition coefficient (Wildman–Crippen LogP) is -0.0995. The van der Waals surface area contributed by atoms with Crippen molar-refractivity contribution in [3.63, 3.8) is 0 Å². The minimum Gasteiger partial charge on any atom is -0.398 e. The molecule has 1 aromatic rings. The second kappa shape index (κ2) is 3.35. The number of para-hydroxylation sites is 1. The number of hydrogen-bond acceptors (Lipinski definition) is 3. The summed E-state index contributed by atoms with van der Waals surface area (Å²) in [6, 6.07) is 7.54. The molecule has 0 bridgehead atoms. The lowest BCUT2D eigenvalue weighted by atomic mass is 10.1. The predicted molar refractivity (Wildman–Crippen MR) is 58.4 cm³/mol. The first-order valence-corrected chi connectivity index (χ1v) is 4.75. The third kappa shape index (κ3) is 1.68. The molecule has 2 N–H and O–H groups in total. The van der Waals surface area contributed by atoms with Crippen LogP contribution in [0.1, 0.15) is 6.92 Å². The van der Waals surface area contributed by atoms with Gasteiger partial charge in [0.15, 0.2) is 6.29 Å². The molecule has 1 aromatic carbocycles. The van der Waals surface area contributed by atoms with Gasteiger partial charge in [0.25, 0.3) is 0 Å². The molecule has 0 fully saturated rings. The molecule has 0 aliphatic carbocycles. The average Bonchev–Trinajstić information content (AvgIpc) is 2.38. The molecule has 15 heavy (non-hydrogen) atoms. The molecule has 3 nitrogen and oxygen atoms in total. The van der Waals surface area contributed by atoms with Gasteiger partial charge in [0, 0.05) is 10.9 Å². The SMILES string of the molecule is CC1(C=O)C=CC(N)=c2ccccc2=N1. The zero-order valence-corrected chi connectivity index (χ0v) is 8.47. The molecule has 0 saturated carbocycles. The molecule has 0 saturated heterocycles. The molecule has 3 heteroatoms. The zero-order valence-electron chi connectivity index (χ0n) is 8.47. The van der Waals surface area contributed by atoms with Crippen LogP contribution < -0.4 is 16.3 Å². The Bertz CT molecular complexity index is 545. The van der Waals surface area contributed by atoms with Gasteiger partial charge in [-0.1, -0.05) is 18.2 Å². The molecule has 1 atom stereocenters. The Kier molecular flexibility index (Phi) is 2.15. The third-order valence-electron chi connectivity index (χ3n) is 2.42. The number of carbonyl (C=O) groups excluding carboxylic acids is 1. The van der Waals surface area contributed by atoms with Crippen molar-refractivity contribution in [1.29, 1.82) is 0 Å². The number of nitrogens with zero attached hydrogens (tertiary/aromatic N) is 1. The maximum absolute atomic E-state index is 11.0. The van der Waals surface area contributed by atoms with E-state index in [0.29, 0.717) is 5.70 Å². The molecule has 76 valence electrons. The van der Waals surface area contributed by atoms with E-state index in [1.165, 1.54) is 0 Å². The topological polar surface area (TPSA) is 55.5 Å². The third-order valence-corrected chi connectivity index (χ3v) is 2.42. The van der Waals surface area contributed by atoms with Crippen molar-refractivity contribution in [1.82, 2.24) is 0 Å². The van der Waals surface area contributed by atoms with E-state index in [1.54, 1.807) is 19.1 Å². The Balaban J connectivity index is 2.84. The van der Waals surface area contributed by atoms with Gasteiger partial charge in [-0.3, -0.25) is 4.99 Å². The molecular formula is C12H12N2O. The lowest BCUT2D eigenvalue weighted by Gasteiger charge is -2.10. The second-order valence-electron chi connectivity index (χ2n) is 3.76. The Morgan fingerprint density at radius 2 is 2.13 bits per heavy atom. The Morgan fingerprint density at radius 1 is 1.40 bits per heavy atom. The highest BCUT2D eigenvalue weighted by molar-refractivity contribution is 5.70. The summed E-state index contributed by atoms with van der Waals surface area (Å²) in [5, 5.41) is 1.63. The van der Waals surface area contributed by atoms with E-state index >= 15 is 0 Å². The van der Waals surface area contributed by atoms with Gasteiger partial charge in [0.2, 0.25) is 0 Å². The van der Waals surface area contributed by atoms with Gasteiger partial charge >= 0.3 is 0 Å². The van der Waals surface area contributed by atoms with Crippen molar-refractivity contribution in [3.8, 4) is 0 Å². The number of fused-ring (bicyclic) bond motifs is 1. The summed E-state index contributed by atoms with van der Waals surface area (Å²) in [6.45, 7) is 1.76. The van der Waals surface area contributed by atoms with Crippen LogP contribution in [0.15, 0.2) is 41.4 Å². The molecule has 0 radical (unpaired) electrons. The smallest absolute Gasteiger partial charge is 0.151 e. The fourth-order valence-electron chi connectivity index (χ4n) is 1.53. The number of nitrogens with two attached hydrogens (primary N) is 1. The molecule has 1 heterocycles. The first-order valence-electron chi connectivity index (χ1n) is 4.75.